The Morgan fingerprint density at radius 3 is 2.71 bits per heavy atom. The molecule has 0 radical (unpaired) electrons. The molecule has 0 spiro atoms. The summed E-state index contributed by atoms with van der Waals surface area (Å²) >= 11 is 0. The van der Waals surface area contributed by atoms with Gasteiger partial charge in [0, 0.05) is 18.8 Å². The summed E-state index contributed by atoms with van der Waals surface area (Å²) in [5, 5.41) is 0. The lowest BCUT2D eigenvalue weighted by molar-refractivity contribution is 0.444. The van der Waals surface area contributed by atoms with Gasteiger partial charge in [0.25, 0.3) is 0 Å². The van der Waals surface area contributed by atoms with Crippen molar-refractivity contribution < 1.29 is 13.5 Å². The molecule has 1 heterocycles. The summed E-state index contributed by atoms with van der Waals surface area (Å²) in [6, 6.07) is 3.21. The number of aromatic nitrogens is 2. The van der Waals surface area contributed by atoms with Gasteiger partial charge in [-0.05, 0) is 12.1 Å². The van der Waals surface area contributed by atoms with E-state index in [1.807, 2.05) is 0 Å². The van der Waals surface area contributed by atoms with E-state index in [-0.39, 0.29) is 18.2 Å². The third-order valence-corrected chi connectivity index (χ3v) is 1.98. The smallest absolute Gasteiger partial charge is 0.238 e. The molecule has 88 valence electrons. The van der Waals surface area contributed by atoms with Gasteiger partial charge in [0.15, 0.2) is 11.6 Å². The van der Waals surface area contributed by atoms with Crippen molar-refractivity contribution in [2.24, 2.45) is 5.73 Å². The molecule has 0 unspecified atom stereocenters. The van der Waals surface area contributed by atoms with Crippen molar-refractivity contribution in [2.45, 2.75) is 6.54 Å². The van der Waals surface area contributed by atoms with Crippen LogP contribution >= 0.6 is 0 Å². The molecule has 2 aromatic rings. The Kier molecular flexibility index (Phi) is 3.24. The first kappa shape index (κ1) is 11.4. The van der Waals surface area contributed by atoms with Gasteiger partial charge in [-0.3, -0.25) is 4.98 Å². The molecule has 0 saturated carbocycles. The maximum Gasteiger partial charge on any atom is 0.238 e. The first-order chi connectivity index (χ1) is 8.19. The summed E-state index contributed by atoms with van der Waals surface area (Å²) in [5.74, 6) is -1.59. The van der Waals surface area contributed by atoms with E-state index in [9.17, 15) is 8.78 Å². The van der Waals surface area contributed by atoms with Gasteiger partial charge < -0.3 is 10.5 Å². The number of benzene rings is 1. The summed E-state index contributed by atoms with van der Waals surface area (Å²) in [6.45, 7) is 0.224. The average molecular weight is 237 g/mol. The van der Waals surface area contributed by atoms with Gasteiger partial charge in [0.1, 0.15) is 5.75 Å². The highest BCUT2D eigenvalue weighted by molar-refractivity contribution is 5.27. The molecule has 0 saturated heterocycles. The average Bonchev–Trinajstić information content (AvgIpc) is 2.34. The van der Waals surface area contributed by atoms with Gasteiger partial charge in [-0.2, -0.15) is 0 Å². The lowest BCUT2D eigenvalue weighted by Crippen LogP contribution is -2.01. The van der Waals surface area contributed by atoms with Crippen LogP contribution in [0.1, 0.15) is 5.69 Å². The molecule has 4 nitrogen and oxygen atoms in total. The van der Waals surface area contributed by atoms with Gasteiger partial charge in [-0.15, -0.1) is 0 Å². The van der Waals surface area contributed by atoms with E-state index in [1.54, 1.807) is 0 Å². The van der Waals surface area contributed by atoms with Crippen molar-refractivity contribution in [1.29, 1.82) is 0 Å². The lowest BCUT2D eigenvalue weighted by Gasteiger charge is -2.05. The van der Waals surface area contributed by atoms with Gasteiger partial charge in [-0.1, -0.05) is 0 Å². The summed E-state index contributed by atoms with van der Waals surface area (Å²) in [4.78, 5) is 7.87. The molecule has 0 atom stereocenters. The molecule has 2 N–H and O–H groups in total. The zero-order valence-electron chi connectivity index (χ0n) is 8.73. The number of nitrogens with zero attached hydrogens (tertiary/aromatic N) is 2. The highest BCUT2D eigenvalue weighted by Gasteiger charge is 2.05. The fourth-order valence-corrected chi connectivity index (χ4v) is 1.19. The maximum atomic E-state index is 12.9. The third kappa shape index (κ3) is 2.73. The Hall–Kier alpha value is -2.08. The Labute approximate surface area is 96.1 Å². The minimum absolute atomic E-state index is 0.146. The monoisotopic (exact) mass is 237 g/mol. The fraction of sp³-hybridized carbons (Fsp3) is 0.0909. The zero-order valence-corrected chi connectivity index (χ0v) is 8.73. The molecule has 0 amide bonds. The second-order valence-corrected chi connectivity index (χ2v) is 3.23. The highest BCUT2D eigenvalue weighted by atomic mass is 19.2. The summed E-state index contributed by atoms with van der Waals surface area (Å²) in [6.07, 6.45) is 2.86. The Morgan fingerprint density at radius 1 is 1.18 bits per heavy atom. The predicted molar refractivity (Wildman–Crippen MR) is 56.4 cm³/mol. The van der Waals surface area contributed by atoms with Crippen LogP contribution in [0.3, 0.4) is 0 Å². The van der Waals surface area contributed by atoms with Crippen LogP contribution in [0.25, 0.3) is 0 Å². The molecule has 0 aliphatic carbocycles. The number of rotatable bonds is 3. The van der Waals surface area contributed by atoms with E-state index in [2.05, 4.69) is 9.97 Å². The topological polar surface area (TPSA) is 61.0 Å². The lowest BCUT2D eigenvalue weighted by atomic mass is 10.3. The van der Waals surface area contributed by atoms with Crippen molar-refractivity contribution in [3.05, 3.63) is 47.9 Å². The van der Waals surface area contributed by atoms with Crippen molar-refractivity contribution in [3.63, 3.8) is 0 Å². The molecule has 0 aliphatic heterocycles. The SMILES string of the molecule is NCc1cncc(Oc2ccc(F)c(F)c2)n1. The number of hydrogen-bond donors (Lipinski definition) is 1. The van der Waals surface area contributed by atoms with Crippen LogP contribution in [-0.2, 0) is 6.54 Å². The van der Waals surface area contributed by atoms with Gasteiger partial charge in [0.05, 0.1) is 11.9 Å². The van der Waals surface area contributed by atoms with E-state index in [0.29, 0.717) is 5.69 Å². The van der Waals surface area contributed by atoms with Crippen LogP contribution in [-0.4, -0.2) is 9.97 Å². The number of ether oxygens (including phenoxy) is 1. The highest BCUT2D eigenvalue weighted by Crippen LogP contribution is 2.20. The van der Waals surface area contributed by atoms with E-state index in [0.717, 1.165) is 12.1 Å². The normalized spacial score (nSPS) is 10.3. The second kappa shape index (κ2) is 4.84. The minimum Gasteiger partial charge on any atom is -0.437 e. The Bertz CT molecular complexity index is 534. The van der Waals surface area contributed by atoms with Crippen LogP contribution in [0.2, 0.25) is 0 Å². The summed E-state index contributed by atoms with van der Waals surface area (Å²) in [7, 11) is 0. The van der Waals surface area contributed by atoms with E-state index in [1.165, 1.54) is 18.5 Å². The molecule has 6 heteroatoms. The minimum atomic E-state index is -0.981. The van der Waals surface area contributed by atoms with Crippen LogP contribution in [0.4, 0.5) is 8.78 Å². The van der Waals surface area contributed by atoms with E-state index in [4.69, 9.17) is 10.5 Å². The van der Waals surface area contributed by atoms with Gasteiger partial charge >= 0.3 is 0 Å². The largest absolute Gasteiger partial charge is 0.437 e. The molecule has 17 heavy (non-hydrogen) atoms. The maximum absolute atomic E-state index is 12.9. The second-order valence-electron chi connectivity index (χ2n) is 3.23. The number of nitrogens with two attached hydrogens (primary N) is 1. The first-order valence-corrected chi connectivity index (χ1v) is 4.83. The van der Waals surface area contributed by atoms with E-state index < -0.39 is 11.6 Å². The van der Waals surface area contributed by atoms with Crippen LogP contribution < -0.4 is 10.5 Å². The quantitative estimate of drug-likeness (QED) is 0.886. The van der Waals surface area contributed by atoms with Gasteiger partial charge in [0.2, 0.25) is 5.88 Å². The zero-order chi connectivity index (χ0) is 12.3. The van der Waals surface area contributed by atoms with Crippen LogP contribution in [0, 0.1) is 11.6 Å². The standard InChI is InChI=1S/C11H9F2N3O/c12-9-2-1-8(3-10(9)13)17-11-6-15-5-7(4-14)16-11/h1-3,5-6H,4,14H2. The molecule has 0 fully saturated rings. The fourth-order valence-electron chi connectivity index (χ4n) is 1.19. The molecule has 1 aromatic carbocycles. The molecule has 0 bridgehead atoms. The van der Waals surface area contributed by atoms with Crippen molar-refractivity contribution in [1.82, 2.24) is 9.97 Å². The van der Waals surface area contributed by atoms with Gasteiger partial charge in [-0.25, -0.2) is 13.8 Å². The molecular formula is C11H9F2N3O. The molecule has 2 rings (SSSR count). The Balaban J connectivity index is 2.22. The third-order valence-electron chi connectivity index (χ3n) is 1.98. The molecule has 0 aliphatic rings. The van der Waals surface area contributed by atoms with E-state index >= 15 is 0 Å². The van der Waals surface area contributed by atoms with Crippen LogP contribution in [0.5, 0.6) is 11.6 Å². The molecular weight excluding hydrogens is 228 g/mol. The summed E-state index contributed by atoms with van der Waals surface area (Å²) in [5.41, 5.74) is 5.93. The van der Waals surface area contributed by atoms with Crippen LogP contribution in [0.15, 0.2) is 30.6 Å². The Morgan fingerprint density at radius 2 is 2.00 bits per heavy atom. The summed E-state index contributed by atoms with van der Waals surface area (Å²) < 4.78 is 30.8. The first-order valence-electron chi connectivity index (χ1n) is 4.83. The predicted octanol–water partition coefficient (Wildman–Crippen LogP) is 2.01. The van der Waals surface area contributed by atoms with Crippen molar-refractivity contribution in [3.8, 4) is 11.6 Å². The number of halogens is 2. The van der Waals surface area contributed by atoms with Crippen molar-refractivity contribution in [2.75, 3.05) is 0 Å². The van der Waals surface area contributed by atoms with Crippen molar-refractivity contribution >= 4 is 0 Å². The number of hydrogen-bond acceptors (Lipinski definition) is 4. The molecule has 1 aromatic heterocycles.